The van der Waals surface area contributed by atoms with E-state index in [1.807, 2.05) is 39.8 Å². The van der Waals surface area contributed by atoms with Crippen LogP contribution in [0.5, 0.6) is 0 Å². The SMILES string of the molecule is CC(N[C@H](C)c1cccnc1)C(=O)OC(C)(C)C. The second kappa shape index (κ2) is 5.96. The Morgan fingerprint density at radius 2 is 2.06 bits per heavy atom. The van der Waals surface area contributed by atoms with Gasteiger partial charge in [0.25, 0.3) is 0 Å². The molecule has 0 amide bonds. The lowest BCUT2D eigenvalue weighted by molar-refractivity contribution is -0.157. The van der Waals surface area contributed by atoms with E-state index >= 15 is 0 Å². The summed E-state index contributed by atoms with van der Waals surface area (Å²) in [4.78, 5) is 15.9. The standard InChI is InChI=1S/C14H22N2O2/c1-10(12-7-6-8-15-9-12)16-11(2)13(17)18-14(3,4)5/h6-11,16H,1-5H3/t10-,11?/m1/s1. The van der Waals surface area contributed by atoms with Crippen LogP contribution >= 0.6 is 0 Å². The topological polar surface area (TPSA) is 51.2 Å². The lowest BCUT2D eigenvalue weighted by Crippen LogP contribution is -2.40. The van der Waals surface area contributed by atoms with Crippen LogP contribution in [0.25, 0.3) is 0 Å². The molecular weight excluding hydrogens is 228 g/mol. The van der Waals surface area contributed by atoms with E-state index in [-0.39, 0.29) is 18.1 Å². The first-order valence-electron chi connectivity index (χ1n) is 6.18. The summed E-state index contributed by atoms with van der Waals surface area (Å²) in [6.07, 6.45) is 3.52. The molecule has 0 bridgehead atoms. The molecule has 1 aromatic rings. The molecule has 1 N–H and O–H groups in total. The number of nitrogens with zero attached hydrogens (tertiary/aromatic N) is 1. The predicted molar refractivity (Wildman–Crippen MR) is 71.1 cm³/mol. The van der Waals surface area contributed by atoms with E-state index in [9.17, 15) is 4.79 Å². The number of carbonyl (C=O) groups excluding carboxylic acids is 1. The average Bonchev–Trinajstić information content (AvgIpc) is 2.27. The summed E-state index contributed by atoms with van der Waals surface area (Å²) in [7, 11) is 0. The van der Waals surface area contributed by atoms with E-state index in [0.29, 0.717) is 0 Å². The molecule has 4 heteroatoms. The van der Waals surface area contributed by atoms with Crippen molar-refractivity contribution in [2.75, 3.05) is 0 Å². The van der Waals surface area contributed by atoms with Crippen molar-refractivity contribution in [3.63, 3.8) is 0 Å². The Balaban J connectivity index is 2.55. The van der Waals surface area contributed by atoms with Gasteiger partial charge in [-0.1, -0.05) is 6.07 Å². The van der Waals surface area contributed by atoms with Crippen LogP contribution < -0.4 is 5.32 Å². The molecule has 0 aromatic carbocycles. The zero-order valence-electron chi connectivity index (χ0n) is 11.7. The summed E-state index contributed by atoms with van der Waals surface area (Å²) < 4.78 is 5.32. The minimum atomic E-state index is -0.454. The van der Waals surface area contributed by atoms with Gasteiger partial charge in [-0.2, -0.15) is 0 Å². The highest BCUT2D eigenvalue weighted by atomic mass is 16.6. The van der Waals surface area contributed by atoms with Crippen LogP contribution in [0.3, 0.4) is 0 Å². The fraction of sp³-hybridized carbons (Fsp3) is 0.571. The molecule has 4 nitrogen and oxygen atoms in total. The summed E-state index contributed by atoms with van der Waals surface area (Å²) in [5.41, 5.74) is 0.595. The monoisotopic (exact) mass is 250 g/mol. The molecule has 0 fully saturated rings. The Hall–Kier alpha value is -1.42. The number of rotatable bonds is 4. The van der Waals surface area contributed by atoms with Crippen molar-refractivity contribution >= 4 is 5.97 Å². The highest BCUT2D eigenvalue weighted by Gasteiger charge is 2.22. The molecule has 0 saturated carbocycles. The second-order valence-electron chi connectivity index (χ2n) is 5.43. The largest absolute Gasteiger partial charge is 0.459 e. The van der Waals surface area contributed by atoms with E-state index < -0.39 is 5.60 Å². The van der Waals surface area contributed by atoms with Crippen LogP contribution in [0.2, 0.25) is 0 Å². The molecule has 100 valence electrons. The third-order valence-corrected chi connectivity index (χ3v) is 2.44. The maximum absolute atomic E-state index is 11.8. The Labute approximate surface area is 109 Å². The number of pyridine rings is 1. The molecule has 18 heavy (non-hydrogen) atoms. The third-order valence-electron chi connectivity index (χ3n) is 2.44. The van der Waals surface area contributed by atoms with Crippen molar-refractivity contribution in [1.29, 1.82) is 0 Å². The Morgan fingerprint density at radius 1 is 1.39 bits per heavy atom. The van der Waals surface area contributed by atoms with Crippen LogP contribution in [0.1, 0.15) is 46.2 Å². The molecular formula is C14H22N2O2. The Bertz CT molecular complexity index is 385. The first kappa shape index (κ1) is 14.6. The van der Waals surface area contributed by atoms with Crippen molar-refractivity contribution in [1.82, 2.24) is 10.3 Å². The van der Waals surface area contributed by atoms with E-state index in [4.69, 9.17) is 4.74 Å². The molecule has 2 atom stereocenters. The highest BCUT2D eigenvalue weighted by molar-refractivity contribution is 5.75. The molecule has 1 heterocycles. The molecule has 0 aliphatic carbocycles. The molecule has 0 aliphatic heterocycles. The quantitative estimate of drug-likeness (QED) is 0.834. The van der Waals surface area contributed by atoms with Crippen LogP contribution in [-0.2, 0) is 9.53 Å². The average molecular weight is 250 g/mol. The fourth-order valence-electron chi connectivity index (χ4n) is 1.56. The second-order valence-corrected chi connectivity index (χ2v) is 5.43. The molecule has 0 saturated heterocycles. The molecule has 1 unspecified atom stereocenters. The summed E-state index contributed by atoms with van der Waals surface area (Å²) >= 11 is 0. The van der Waals surface area contributed by atoms with E-state index in [1.54, 1.807) is 19.3 Å². The number of hydrogen-bond acceptors (Lipinski definition) is 4. The first-order chi connectivity index (χ1) is 8.29. The fourth-order valence-corrected chi connectivity index (χ4v) is 1.56. The van der Waals surface area contributed by atoms with E-state index in [2.05, 4.69) is 10.3 Å². The summed E-state index contributed by atoms with van der Waals surface area (Å²) in [6, 6.07) is 3.57. The van der Waals surface area contributed by atoms with Gasteiger partial charge in [-0.3, -0.25) is 15.1 Å². The maximum atomic E-state index is 11.8. The van der Waals surface area contributed by atoms with E-state index in [1.165, 1.54) is 0 Å². The predicted octanol–water partition coefficient (Wildman–Crippen LogP) is 2.46. The number of hydrogen-bond donors (Lipinski definition) is 1. The first-order valence-corrected chi connectivity index (χ1v) is 6.18. The molecule has 0 radical (unpaired) electrons. The Morgan fingerprint density at radius 3 is 2.56 bits per heavy atom. The van der Waals surface area contributed by atoms with Gasteiger partial charge in [0.15, 0.2) is 0 Å². The highest BCUT2D eigenvalue weighted by Crippen LogP contribution is 2.13. The number of aromatic nitrogens is 1. The minimum absolute atomic E-state index is 0.0567. The zero-order valence-corrected chi connectivity index (χ0v) is 11.7. The van der Waals surface area contributed by atoms with Gasteiger partial charge in [-0.05, 0) is 46.2 Å². The van der Waals surface area contributed by atoms with Gasteiger partial charge in [-0.15, -0.1) is 0 Å². The zero-order chi connectivity index (χ0) is 13.8. The lowest BCUT2D eigenvalue weighted by Gasteiger charge is -2.24. The minimum Gasteiger partial charge on any atom is -0.459 e. The maximum Gasteiger partial charge on any atom is 0.323 e. The third kappa shape index (κ3) is 4.84. The van der Waals surface area contributed by atoms with Crippen LogP contribution in [0.4, 0.5) is 0 Å². The van der Waals surface area contributed by atoms with Crippen molar-refractivity contribution < 1.29 is 9.53 Å². The van der Waals surface area contributed by atoms with Crippen molar-refractivity contribution in [2.45, 2.75) is 52.3 Å². The molecule has 1 aromatic heterocycles. The van der Waals surface area contributed by atoms with Gasteiger partial charge < -0.3 is 4.74 Å². The molecule has 0 aliphatic rings. The summed E-state index contributed by atoms with van der Waals surface area (Å²) in [5, 5.41) is 3.20. The van der Waals surface area contributed by atoms with Crippen molar-refractivity contribution in [3.8, 4) is 0 Å². The summed E-state index contributed by atoms with van der Waals surface area (Å²) in [5.74, 6) is -0.238. The van der Waals surface area contributed by atoms with Crippen LogP contribution in [0.15, 0.2) is 24.5 Å². The number of carbonyl (C=O) groups is 1. The van der Waals surface area contributed by atoms with Crippen molar-refractivity contribution in [2.24, 2.45) is 0 Å². The Kier molecular flexibility index (Phi) is 4.84. The van der Waals surface area contributed by atoms with Gasteiger partial charge in [0.05, 0.1) is 0 Å². The van der Waals surface area contributed by atoms with Gasteiger partial charge >= 0.3 is 5.97 Å². The van der Waals surface area contributed by atoms with Gasteiger partial charge in [-0.25, -0.2) is 0 Å². The number of esters is 1. The van der Waals surface area contributed by atoms with Gasteiger partial charge in [0, 0.05) is 18.4 Å². The van der Waals surface area contributed by atoms with Crippen molar-refractivity contribution in [3.05, 3.63) is 30.1 Å². The van der Waals surface area contributed by atoms with Crippen LogP contribution in [0, 0.1) is 0 Å². The number of ether oxygens (including phenoxy) is 1. The molecule has 0 spiro atoms. The molecule has 1 rings (SSSR count). The normalized spacial score (nSPS) is 14.9. The van der Waals surface area contributed by atoms with E-state index in [0.717, 1.165) is 5.56 Å². The number of nitrogens with one attached hydrogen (secondary N) is 1. The van der Waals surface area contributed by atoms with Gasteiger partial charge in [0.2, 0.25) is 0 Å². The van der Waals surface area contributed by atoms with Crippen LogP contribution in [-0.4, -0.2) is 22.6 Å². The van der Waals surface area contributed by atoms with Gasteiger partial charge in [0.1, 0.15) is 11.6 Å². The summed E-state index contributed by atoms with van der Waals surface area (Å²) in [6.45, 7) is 9.39. The smallest absolute Gasteiger partial charge is 0.323 e. The lowest BCUT2D eigenvalue weighted by atomic mass is 10.1.